The lowest BCUT2D eigenvalue weighted by Crippen LogP contribution is -2.17. The van der Waals surface area contributed by atoms with Crippen LogP contribution in [-0.4, -0.2) is 24.4 Å². The van der Waals surface area contributed by atoms with Crippen molar-refractivity contribution in [3.05, 3.63) is 53.3 Å². The number of halogens is 1. The number of hydrogen-bond acceptors (Lipinski definition) is 5. The van der Waals surface area contributed by atoms with Crippen molar-refractivity contribution in [1.29, 1.82) is 0 Å². The number of rotatable bonds is 5. The zero-order chi connectivity index (χ0) is 17.9. The molecule has 0 bridgehead atoms. The predicted octanol–water partition coefficient (Wildman–Crippen LogP) is 4.29. The topological polar surface area (TPSA) is 71.4 Å². The van der Waals surface area contributed by atoms with Crippen LogP contribution in [0.25, 0.3) is 0 Å². The predicted molar refractivity (Wildman–Crippen MR) is 101 cm³/mol. The number of nitrogens with one attached hydrogen (secondary N) is 1. The first-order valence-corrected chi connectivity index (χ1v) is 10.1. The van der Waals surface area contributed by atoms with E-state index >= 15 is 0 Å². The lowest BCUT2D eigenvalue weighted by Gasteiger charge is -2.11. The Bertz CT molecular complexity index is 873. The monoisotopic (exact) mass is 377 g/mol. The Labute approximate surface area is 153 Å². The molecule has 7 heteroatoms. The Balaban J connectivity index is 1.75. The minimum Gasteiger partial charge on any atom is -0.277 e. The second-order valence-corrected chi connectivity index (χ2v) is 8.78. The molecule has 0 radical (unpaired) electrons. The van der Waals surface area contributed by atoms with Gasteiger partial charge in [-0.1, -0.05) is 36.6 Å². The molecule has 0 amide bonds. The van der Waals surface area contributed by atoms with Crippen LogP contribution >= 0.6 is 11.6 Å². The summed E-state index contributed by atoms with van der Waals surface area (Å²) in [6.45, 7) is 1.85. The van der Waals surface area contributed by atoms with E-state index in [1.165, 1.54) is 6.20 Å². The number of hydrogen-bond donors (Lipinski definition) is 1. The largest absolute Gasteiger partial charge is 0.277 e. The molecule has 0 atom stereocenters. The van der Waals surface area contributed by atoms with Gasteiger partial charge in [-0.2, -0.15) is 5.10 Å². The zero-order valence-corrected chi connectivity index (χ0v) is 15.5. The first-order chi connectivity index (χ1) is 12.0. The molecule has 1 aliphatic rings. The van der Waals surface area contributed by atoms with Crippen LogP contribution in [0.15, 0.2) is 52.7 Å². The van der Waals surface area contributed by atoms with Gasteiger partial charge in [-0.3, -0.25) is 10.4 Å². The number of sulfone groups is 1. The summed E-state index contributed by atoms with van der Waals surface area (Å²) in [5.74, 6) is 0. The lowest BCUT2D eigenvalue weighted by molar-refractivity contribution is 0.579. The van der Waals surface area contributed by atoms with E-state index in [1.54, 1.807) is 36.5 Å². The number of hydrazone groups is 1. The van der Waals surface area contributed by atoms with E-state index in [0.29, 0.717) is 15.6 Å². The third-order valence-corrected chi connectivity index (χ3v) is 7.04. The Morgan fingerprint density at radius 2 is 1.88 bits per heavy atom. The van der Waals surface area contributed by atoms with Crippen LogP contribution in [-0.2, 0) is 9.84 Å². The van der Waals surface area contributed by atoms with E-state index < -0.39 is 9.84 Å². The van der Waals surface area contributed by atoms with Crippen LogP contribution in [0.3, 0.4) is 0 Å². The minimum atomic E-state index is -3.22. The second-order valence-electron chi connectivity index (χ2n) is 6.14. The van der Waals surface area contributed by atoms with Crippen molar-refractivity contribution in [2.45, 2.75) is 42.8 Å². The van der Waals surface area contributed by atoms with Gasteiger partial charge in [0.2, 0.25) is 0 Å². The van der Waals surface area contributed by atoms with E-state index in [4.69, 9.17) is 11.6 Å². The molecule has 5 nitrogen and oxygen atoms in total. The number of anilines is 1. The first kappa shape index (κ1) is 17.9. The Morgan fingerprint density at radius 1 is 1.20 bits per heavy atom. The first-order valence-electron chi connectivity index (χ1n) is 8.22. The Morgan fingerprint density at radius 3 is 2.52 bits per heavy atom. The van der Waals surface area contributed by atoms with Crippen LogP contribution in [0.4, 0.5) is 5.69 Å². The average molecular weight is 378 g/mol. The van der Waals surface area contributed by atoms with E-state index in [0.717, 1.165) is 37.0 Å². The van der Waals surface area contributed by atoms with Crippen LogP contribution in [0.2, 0.25) is 5.02 Å². The molecule has 1 aliphatic carbocycles. The maximum Gasteiger partial charge on any atom is 0.181 e. The van der Waals surface area contributed by atoms with E-state index in [9.17, 15) is 8.42 Å². The van der Waals surface area contributed by atoms with Gasteiger partial charge < -0.3 is 0 Å². The van der Waals surface area contributed by atoms with Gasteiger partial charge in [-0.05, 0) is 43.5 Å². The fourth-order valence-corrected chi connectivity index (χ4v) is 4.97. The Kier molecular flexibility index (Phi) is 5.39. The molecule has 25 heavy (non-hydrogen) atoms. The third-order valence-electron chi connectivity index (χ3n) is 4.46. The molecule has 3 rings (SSSR count). The smallest absolute Gasteiger partial charge is 0.181 e. The molecular formula is C18H20ClN3O2S. The number of pyridine rings is 1. The highest BCUT2D eigenvalue weighted by Crippen LogP contribution is 2.29. The quantitative estimate of drug-likeness (QED) is 0.623. The lowest BCUT2D eigenvalue weighted by atomic mass is 10.1. The summed E-state index contributed by atoms with van der Waals surface area (Å²) in [4.78, 5) is 4.31. The van der Waals surface area contributed by atoms with Gasteiger partial charge in [0.05, 0.1) is 26.6 Å². The van der Waals surface area contributed by atoms with Crippen LogP contribution in [0, 0.1) is 0 Å². The van der Waals surface area contributed by atoms with Gasteiger partial charge >= 0.3 is 0 Å². The van der Waals surface area contributed by atoms with E-state index in [2.05, 4.69) is 15.5 Å². The van der Waals surface area contributed by atoms with Crippen molar-refractivity contribution in [2.24, 2.45) is 5.10 Å². The Hall–Kier alpha value is -1.92. The van der Waals surface area contributed by atoms with Crippen LogP contribution in [0.1, 0.15) is 38.2 Å². The number of benzene rings is 1. The van der Waals surface area contributed by atoms with Gasteiger partial charge in [0.25, 0.3) is 0 Å². The van der Waals surface area contributed by atoms with E-state index in [-0.39, 0.29) is 5.25 Å². The maximum absolute atomic E-state index is 12.6. The highest BCUT2D eigenvalue weighted by atomic mass is 35.5. The molecule has 1 fully saturated rings. The summed E-state index contributed by atoms with van der Waals surface area (Å²) in [6, 6.07) is 8.65. The van der Waals surface area contributed by atoms with Gasteiger partial charge in [0, 0.05) is 12.4 Å². The highest BCUT2D eigenvalue weighted by molar-refractivity contribution is 7.92. The van der Waals surface area contributed by atoms with Crippen molar-refractivity contribution < 1.29 is 8.42 Å². The van der Waals surface area contributed by atoms with Crippen molar-refractivity contribution in [1.82, 2.24) is 4.98 Å². The zero-order valence-electron chi connectivity index (χ0n) is 13.9. The molecule has 1 saturated carbocycles. The molecule has 1 N–H and O–H groups in total. The average Bonchev–Trinajstić information content (AvgIpc) is 3.16. The van der Waals surface area contributed by atoms with Crippen molar-refractivity contribution in [3.63, 3.8) is 0 Å². The van der Waals surface area contributed by atoms with Gasteiger partial charge in [0.1, 0.15) is 0 Å². The SMILES string of the molecule is C/C(=N\Nc1ccncc1Cl)c1ccc(S(=O)(=O)C2CCCC2)cc1. The van der Waals surface area contributed by atoms with Crippen LogP contribution < -0.4 is 5.43 Å². The van der Waals surface area contributed by atoms with E-state index in [1.807, 2.05) is 6.92 Å². The molecule has 1 aromatic heterocycles. The van der Waals surface area contributed by atoms with Crippen molar-refractivity contribution >= 4 is 32.8 Å². The normalized spacial score (nSPS) is 16.2. The molecule has 0 saturated heterocycles. The third kappa shape index (κ3) is 4.02. The van der Waals surface area contributed by atoms with Crippen molar-refractivity contribution in [3.8, 4) is 0 Å². The summed E-state index contributed by atoms with van der Waals surface area (Å²) in [7, 11) is -3.22. The summed E-state index contributed by atoms with van der Waals surface area (Å²) in [5, 5.41) is 4.55. The van der Waals surface area contributed by atoms with Gasteiger partial charge in [-0.15, -0.1) is 0 Å². The highest BCUT2D eigenvalue weighted by Gasteiger charge is 2.30. The molecule has 0 unspecified atom stereocenters. The second kappa shape index (κ2) is 7.54. The minimum absolute atomic E-state index is 0.233. The molecule has 2 aromatic rings. The molecule has 132 valence electrons. The number of aromatic nitrogens is 1. The summed E-state index contributed by atoms with van der Waals surface area (Å²) in [6.07, 6.45) is 6.69. The van der Waals surface area contributed by atoms with Gasteiger partial charge in [-0.25, -0.2) is 8.42 Å². The maximum atomic E-state index is 12.6. The van der Waals surface area contributed by atoms with Gasteiger partial charge in [0.15, 0.2) is 9.84 Å². The molecule has 0 aliphatic heterocycles. The molecule has 1 heterocycles. The fraction of sp³-hybridized carbons (Fsp3) is 0.333. The summed E-state index contributed by atoms with van der Waals surface area (Å²) in [5.41, 5.74) is 5.15. The molecule has 1 aromatic carbocycles. The molecule has 0 spiro atoms. The fourth-order valence-electron chi connectivity index (χ4n) is 2.95. The standard InChI is InChI=1S/C18H20ClN3O2S/c1-13(21-22-18-10-11-20-12-17(18)19)14-6-8-16(9-7-14)25(23,24)15-4-2-3-5-15/h6-12,15H,2-5H2,1H3,(H,20,22)/b21-13+. The summed E-state index contributed by atoms with van der Waals surface area (Å²) >= 11 is 6.03. The summed E-state index contributed by atoms with van der Waals surface area (Å²) < 4.78 is 25.2. The molecular weight excluding hydrogens is 358 g/mol. The van der Waals surface area contributed by atoms with Crippen molar-refractivity contribution in [2.75, 3.05) is 5.43 Å². The number of nitrogens with zero attached hydrogens (tertiary/aromatic N) is 2. The van der Waals surface area contributed by atoms with Crippen LogP contribution in [0.5, 0.6) is 0 Å².